The molecule has 0 radical (unpaired) electrons. The minimum atomic E-state index is -0.473. The Morgan fingerprint density at radius 2 is 2.24 bits per heavy atom. The number of aliphatic hydroxyl groups excluding tert-OH is 1. The van der Waals surface area contributed by atoms with Gasteiger partial charge in [-0.05, 0) is 25.5 Å². The fourth-order valence-electron chi connectivity index (χ4n) is 1.65. The smallest absolute Gasteiger partial charge is 0.310 e. The molecule has 0 aliphatic heterocycles. The number of rotatable bonds is 6. The summed E-state index contributed by atoms with van der Waals surface area (Å²) in [6.07, 6.45) is 0.567. The Labute approximate surface area is 105 Å². The van der Waals surface area contributed by atoms with Crippen LogP contribution in [0.5, 0.6) is 0 Å². The Morgan fingerprint density at radius 1 is 1.53 bits per heavy atom. The van der Waals surface area contributed by atoms with Crippen LogP contribution < -0.4 is 4.90 Å². The van der Waals surface area contributed by atoms with Gasteiger partial charge in [-0.1, -0.05) is 17.7 Å². The van der Waals surface area contributed by atoms with E-state index >= 15 is 0 Å². The van der Waals surface area contributed by atoms with Gasteiger partial charge in [-0.2, -0.15) is 0 Å². The Morgan fingerprint density at radius 3 is 2.76 bits per heavy atom. The number of nitrogens with zero attached hydrogens (tertiary/aromatic N) is 2. The second-order valence-electron chi connectivity index (χ2n) is 3.52. The predicted octanol–water partition coefficient (Wildman–Crippen LogP) is 2.46. The average molecular weight is 259 g/mol. The van der Waals surface area contributed by atoms with Crippen molar-refractivity contribution in [1.82, 2.24) is 0 Å². The van der Waals surface area contributed by atoms with Crippen molar-refractivity contribution in [3.63, 3.8) is 0 Å². The average Bonchev–Trinajstić information content (AvgIpc) is 2.29. The first-order chi connectivity index (χ1) is 8.11. The fourth-order valence-corrected chi connectivity index (χ4v) is 1.89. The van der Waals surface area contributed by atoms with Crippen LogP contribution in [-0.4, -0.2) is 29.7 Å². The SMILES string of the molecule is CCN(CCCO)c1cccc(Cl)c1[N+](=O)[O-]. The summed E-state index contributed by atoms with van der Waals surface area (Å²) >= 11 is 5.84. The number of benzene rings is 1. The highest BCUT2D eigenvalue weighted by Crippen LogP contribution is 2.34. The minimum Gasteiger partial charge on any atom is -0.396 e. The molecule has 6 heteroatoms. The quantitative estimate of drug-likeness (QED) is 0.629. The molecule has 0 aliphatic carbocycles. The van der Waals surface area contributed by atoms with Gasteiger partial charge in [-0.15, -0.1) is 0 Å². The number of nitro benzene ring substituents is 1. The summed E-state index contributed by atoms with van der Waals surface area (Å²) in [6.45, 7) is 3.15. The maximum atomic E-state index is 11.0. The number of halogens is 1. The molecule has 0 spiro atoms. The van der Waals surface area contributed by atoms with Gasteiger partial charge >= 0.3 is 5.69 Å². The Balaban J connectivity index is 3.09. The van der Waals surface area contributed by atoms with Crippen LogP contribution in [0.2, 0.25) is 5.02 Å². The maximum absolute atomic E-state index is 11.0. The molecule has 0 heterocycles. The van der Waals surface area contributed by atoms with Crippen LogP contribution in [0.1, 0.15) is 13.3 Å². The van der Waals surface area contributed by atoms with E-state index in [4.69, 9.17) is 16.7 Å². The van der Waals surface area contributed by atoms with Gasteiger partial charge in [0.05, 0.1) is 4.92 Å². The summed E-state index contributed by atoms with van der Waals surface area (Å²) in [5, 5.41) is 19.9. The van der Waals surface area contributed by atoms with Crippen molar-refractivity contribution in [2.45, 2.75) is 13.3 Å². The van der Waals surface area contributed by atoms with Crippen molar-refractivity contribution in [2.24, 2.45) is 0 Å². The molecule has 1 aromatic carbocycles. The van der Waals surface area contributed by atoms with Crippen LogP contribution in [-0.2, 0) is 0 Å². The van der Waals surface area contributed by atoms with Gasteiger partial charge in [-0.3, -0.25) is 10.1 Å². The zero-order chi connectivity index (χ0) is 12.8. The van der Waals surface area contributed by atoms with Crippen molar-refractivity contribution in [1.29, 1.82) is 0 Å². The number of nitro groups is 1. The van der Waals surface area contributed by atoms with Crippen molar-refractivity contribution in [3.8, 4) is 0 Å². The number of hydrogen-bond donors (Lipinski definition) is 1. The summed E-state index contributed by atoms with van der Waals surface area (Å²) in [7, 11) is 0. The summed E-state index contributed by atoms with van der Waals surface area (Å²) in [4.78, 5) is 12.3. The number of aliphatic hydroxyl groups is 1. The highest BCUT2D eigenvalue weighted by molar-refractivity contribution is 6.33. The van der Waals surface area contributed by atoms with Gasteiger partial charge in [0.15, 0.2) is 0 Å². The van der Waals surface area contributed by atoms with Gasteiger partial charge in [-0.25, -0.2) is 0 Å². The molecule has 1 N–H and O–H groups in total. The van der Waals surface area contributed by atoms with E-state index in [-0.39, 0.29) is 17.3 Å². The van der Waals surface area contributed by atoms with Gasteiger partial charge in [0, 0.05) is 19.7 Å². The molecule has 0 saturated carbocycles. The van der Waals surface area contributed by atoms with Crippen molar-refractivity contribution in [3.05, 3.63) is 33.3 Å². The minimum absolute atomic E-state index is 0.0604. The van der Waals surface area contributed by atoms with Crippen LogP contribution in [0.15, 0.2) is 18.2 Å². The lowest BCUT2D eigenvalue weighted by Gasteiger charge is -2.22. The molecule has 0 fully saturated rings. The third-order valence-electron chi connectivity index (χ3n) is 2.46. The van der Waals surface area contributed by atoms with E-state index in [9.17, 15) is 10.1 Å². The Kier molecular flexibility index (Phi) is 5.18. The van der Waals surface area contributed by atoms with E-state index in [1.807, 2.05) is 11.8 Å². The second-order valence-corrected chi connectivity index (χ2v) is 3.93. The third-order valence-corrected chi connectivity index (χ3v) is 2.76. The van der Waals surface area contributed by atoms with Gasteiger partial charge < -0.3 is 10.0 Å². The van der Waals surface area contributed by atoms with E-state index in [1.165, 1.54) is 6.07 Å². The number of hydrogen-bond acceptors (Lipinski definition) is 4. The molecule has 0 unspecified atom stereocenters. The van der Waals surface area contributed by atoms with E-state index in [0.29, 0.717) is 25.2 Å². The topological polar surface area (TPSA) is 66.6 Å². The number of anilines is 1. The highest BCUT2D eigenvalue weighted by atomic mass is 35.5. The molecule has 0 aliphatic rings. The van der Waals surface area contributed by atoms with E-state index < -0.39 is 4.92 Å². The van der Waals surface area contributed by atoms with Gasteiger partial charge in [0.1, 0.15) is 10.7 Å². The van der Waals surface area contributed by atoms with Crippen LogP contribution in [0.25, 0.3) is 0 Å². The molecular formula is C11H15ClN2O3. The summed E-state index contributed by atoms with van der Waals surface area (Å²) in [5.74, 6) is 0. The monoisotopic (exact) mass is 258 g/mol. The first-order valence-electron chi connectivity index (χ1n) is 5.40. The third kappa shape index (κ3) is 3.31. The molecule has 94 valence electrons. The molecule has 5 nitrogen and oxygen atoms in total. The Hall–Kier alpha value is -1.33. The van der Waals surface area contributed by atoms with E-state index in [1.54, 1.807) is 12.1 Å². The van der Waals surface area contributed by atoms with Crippen LogP contribution in [0, 0.1) is 10.1 Å². The van der Waals surface area contributed by atoms with E-state index in [0.717, 1.165) is 0 Å². The second kappa shape index (κ2) is 6.42. The summed E-state index contributed by atoms with van der Waals surface area (Å²) in [5.41, 5.74) is 0.424. The van der Waals surface area contributed by atoms with E-state index in [2.05, 4.69) is 0 Å². The van der Waals surface area contributed by atoms with Crippen LogP contribution >= 0.6 is 11.6 Å². The Bertz CT molecular complexity index is 398. The van der Waals surface area contributed by atoms with Crippen LogP contribution in [0.4, 0.5) is 11.4 Å². The first-order valence-corrected chi connectivity index (χ1v) is 5.78. The molecule has 0 bridgehead atoms. The molecule has 0 aromatic heterocycles. The lowest BCUT2D eigenvalue weighted by Crippen LogP contribution is -2.25. The van der Waals surface area contributed by atoms with Gasteiger partial charge in [0.25, 0.3) is 0 Å². The molecule has 17 heavy (non-hydrogen) atoms. The molecule has 0 amide bonds. The lowest BCUT2D eigenvalue weighted by molar-refractivity contribution is -0.384. The molecule has 1 rings (SSSR count). The standard InChI is InChI=1S/C11H15ClN2O3/c1-2-13(7-4-8-15)10-6-3-5-9(12)11(10)14(16)17/h3,5-6,15H,2,4,7-8H2,1H3. The van der Waals surface area contributed by atoms with Gasteiger partial charge in [0.2, 0.25) is 0 Å². The highest BCUT2D eigenvalue weighted by Gasteiger charge is 2.21. The summed E-state index contributed by atoms with van der Waals surface area (Å²) < 4.78 is 0. The fraction of sp³-hybridized carbons (Fsp3) is 0.455. The predicted molar refractivity (Wildman–Crippen MR) is 67.7 cm³/mol. The first kappa shape index (κ1) is 13.7. The van der Waals surface area contributed by atoms with Crippen molar-refractivity contribution < 1.29 is 10.0 Å². The molecule has 0 atom stereocenters. The van der Waals surface area contributed by atoms with Crippen molar-refractivity contribution >= 4 is 23.0 Å². The zero-order valence-electron chi connectivity index (χ0n) is 9.60. The summed E-state index contributed by atoms with van der Waals surface area (Å²) in [6, 6.07) is 4.86. The molecule has 1 aromatic rings. The normalized spacial score (nSPS) is 10.3. The lowest BCUT2D eigenvalue weighted by atomic mass is 10.2. The molecular weight excluding hydrogens is 244 g/mol. The zero-order valence-corrected chi connectivity index (χ0v) is 10.4. The van der Waals surface area contributed by atoms with Crippen LogP contribution in [0.3, 0.4) is 0 Å². The largest absolute Gasteiger partial charge is 0.396 e. The number of para-hydroxylation sites is 1. The van der Waals surface area contributed by atoms with Crippen molar-refractivity contribution in [2.75, 3.05) is 24.6 Å². The molecule has 0 saturated heterocycles. The maximum Gasteiger partial charge on any atom is 0.310 e.